The number of aryl methyl sites for hydroxylation is 4. The maximum absolute atomic E-state index is 12.6. The van der Waals surface area contributed by atoms with Crippen LogP contribution in [0.25, 0.3) is 11.4 Å². The monoisotopic (exact) mass is 331 g/mol. The van der Waals surface area contributed by atoms with E-state index >= 15 is 0 Å². The zero-order chi connectivity index (χ0) is 18.0. The second-order valence-corrected chi connectivity index (χ2v) is 6.39. The summed E-state index contributed by atoms with van der Waals surface area (Å²) in [4.78, 5) is 21.4. The molecule has 0 atom stereocenters. The summed E-state index contributed by atoms with van der Waals surface area (Å²) in [6.45, 7) is 7.88. The summed E-state index contributed by atoms with van der Waals surface area (Å²) >= 11 is 0. The number of benzene rings is 2. The first kappa shape index (κ1) is 16.8. The third-order valence-corrected chi connectivity index (χ3v) is 4.01. The van der Waals surface area contributed by atoms with Gasteiger partial charge >= 0.3 is 0 Å². The number of nitrogens with one attached hydrogen (secondary N) is 1. The molecule has 3 aromatic rings. The lowest BCUT2D eigenvalue weighted by molar-refractivity contribution is 0.102. The smallest absolute Gasteiger partial charge is 0.259 e. The fraction of sp³-hybridized carbons (Fsp3) is 0.190. The van der Waals surface area contributed by atoms with Gasteiger partial charge in [0.1, 0.15) is 0 Å². The molecule has 0 aliphatic heterocycles. The molecule has 0 saturated heterocycles. The van der Waals surface area contributed by atoms with Crippen molar-refractivity contribution in [2.24, 2.45) is 0 Å². The number of nitrogens with zero attached hydrogens (tertiary/aromatic N) is 2. The summed E-state index contributed by atoms with van der Waals surface area (Å²) in [6, 6.07) is 14.0. The fourth-order valence-electron chi connectivity index (χ4n) is 2.78. The maximum atomic E-state index is 12.6. The SMILES string of the molecule is Cc1ccc(-c2ncc(C(=O)Nc3cc(C)cc(C)c3)c(C)n2)cc1. The van der Waals surface area contributed by atoms with Crippen LogP contribution in [0.2, 0.25) is 0 Å². The van der Waals surface area contributed by atoms with Crippen LogP contribution in [0.3, 0.4) is 0 Å². The lowest BCUT2D eigenvalue weighted by Gasteiger charge is -2.10. The van der Waals surface area contributed by atoms with Crippen molar-refractivity contribution in [1.82, 2.24) is 9.97 Å². The quantitative estimate of drug-likeness (QED) is 0.761. The van der Waals surface area contributed by atoms with Gasteiger partial charge in [0, 0.05) is 17.4 Å². The fourth-order valence-corrected chi connectivity index (χ4v) is 2.78. The molecule has 0 aliphatic carbocycles. The Labute approximate surface area is 148 Å². The van der Waals surface area contributed by atoms with E-state index < -0.39 is 0 Å². The molecule has 0 saturated carbocycles. The Balaban J connectivity index is 1.85. The number of anilines is 1. The zero-order valence-corrected chi connectivity index (χ0v) is 14.9. The third-order valence-electron chi connectivity index (χ3n) is 4.01. The van der Waals surface area contributed by atoms with E-state index in [4.69, 9.17) is 0 Å². The molecule has 0 fully saturated rings. The van der Waals surface area contributed by atoms with Crippen molar-refractivity contribution in [2.75, 3.05) is 5.32 Å². The molecule has 4 nitrogen and oxygen atoms in total. The molecule has 1 amide bonds. The Morgan fingerprint density at radius 3 is 2.12 bits per heavy atom. The van der Waals surface area contributed by atoms with Gasteiger partial charge in [0.05, 0.1) is 11.3 Å². The predicted octanol–water partition coefficient (Wildman–Crippen LogP) is 4.63. The van der Waals surface area contributed by atoms with Gasteiger partial charge in [-0.1, -0.05) is 35.9 Å². The molecule has 0 bridgehead atoms. The van der Waals surface area contributed by atoms with Crippen LogP contribution in [0.15, 0.2) is 48.7 Å². The molecule has 0 radical (unpaired) electrons. The summed E-state index contributed by atoms with van der Waals surface area (Å²) in [5, 5.41) is 2.93. The van der Waals surface area contributed by atoms with Gasteiger partial charge in [-0.25, -0.2) is 9.97 Å². The van der Waals surface area contributed by atoms with Crippen molar-refractivity contribution in [3.8, 4) is 11.4 Å². The minimum atomic E-state index is -0.196. The molecule has 1 N–H and O–H groups in total. The number of hydrogen-bond donors (Lipinski definition) is 1. The van der Waals surface area contributed by atoms with Gasteiger partial charge in [0.25, 0.3) is 5.91 Å². The number of amides is 1. The van der Waals surface area contributed by atoms with Crippen LogP contribution < -0.4 is 5.32 Å². The molecule has 1 aromatic heterocycles. The van der Waals surface area contributed by atoms with Crippen LogP contribution in [0.5, 0.6) is 0 Å². The minimum Gasteiger partial charge on any atom is -0.322 e. The van der Waals surface area contributed by atoms with E-state index in [1.807, 2.05) is 64.1 Å². The van der Waals surface area contributed by atoms with Crippen molar-refractivity contribution >= 4 is 11.6 Å². The van der Waals surface area contributed by atoms with Crippen LogP contribution >= 0.6 is 0 Å². The first-order valence-electron chi connectivity index (χ1n) is 8.23. The number of rotatable bonds is 3. The minimum absolute atomic E-state index is 0.196. The summed E-state index contributed by atoms with van der Waals surface area (Å²) in [6.07, 6.45) is 1.59. The molecular formula is C21H21N3O. The van der Waals surface area contributed by atoms with Crippen LogP contribution in [-0.4, -0.2) is 15.9 Å². The predicted molar refractivity (Wildman–Crippen MR) is 101 cm³/mol. The van der Waals surface area contributed by atoms with Crippen LogP contribution in [0, 0.1) is 27.7 Å². The van der Waals surface area contributed by atoms with Gasteiger partial charge in [-0.3, -0.25) is 4.79 Å². The summed E-state index contributed by atoms with van der Waals surface area (Å²) in [7, 11) is 0. The summed E-state index contributed by atoms with van der Waals surface area (Å²) < 4.78 is 0. The molecule has 0 unspecified atom stereocenters. The first-order valence-corrected chi connectivity index (χ1v) is 8.23. The van der Waals surface area contributed by atoms with E-state index in [2.05, 4.69) is 21.4 Å². The highest BCUT2D eigenvalue weighted by molar-refractivity contribution is 6.04. The van der Waals surface area contributed by atoms with Crippen LogP contribution in [-0.2, 0) is 0 Å². The van der Waals surface area contributed by atoms with Crippen molar-refractivity contribution in [1.29, 1.82) is 0 Å². The number of carbonyl (C=O) groups is 1. The Bertz CT molecular complexity index is 910. The van der Waals surface area contributed by atoms with Crippen molar-refractivity contribution < 1.29 is 4.79 Å². The maximum Gasteiger partial charge on any atom is 0.259 e. The van der Waals surface area contributed by atoms with Gasteiger partial charge in [-0.05, 0) is 51.0 Å². The van der Waals surface area contributed by atoms with Crippen molar-refractivity contribution in [3.05, 3.63) is 76.6 Å². The highest BCUT2D eigenvalue weighted by Crippen LogP contribution is 2.19. The largest absolute Gasteiger partial charge is 0.322 e. The van der Waals surface area contributed by atoms with Gasteiger partial charge in [0.2, 0.25) is 0 Å². The molecule has 126 valence electrons. The first-order chi connectivity index (χ1) is 11.9. The Kier molecular flexibility index (Phi) is 4.61. The third kappa shape index (κ3) is 3.91. The molecule has 0 aliphatic rings. The lowest BCUT2D eigenvalue weighted by Crippen LogP contribution is -2.15. The number of aromatic nitrogens is 2. The zero-order valence-electron chi connectivity index (χ0n) is 14.9. The molecule has 0 spiro atoms. The standard InChI is InChI=1S/C21H21N3O/c1-13-5-7-17(8-6-13)20-22-12-19(16(4)23-20)21(25)24-18-10-14(2)9-15(3)11-18/h5-12H,1-4H3,(H,24,25). The van der Waals surface area contributed by atoms with E-state index in [-0.39, 0.29) is 5.91 Å². The molecular weight excluding hydrogens is 310 g/mol. The topological polar surface area (TPSA) is 54.9 Å². The average Bonchev–Trinajstić information content (AvgIpc) is 2.54. The van der Waals surface area contributed by atoms with Gasteiger partial charge in [-0.2, -0.15) is 0 Å². The number of carbonyl (C=O) groups excluding carboxylic acids is 1. The van der Waals surface area contributed by atoms with E-state index in [1.165, 1.54) is 5.56 Å². The number of hydrogen-bond acceptors (Lipinski definition) is 3. The van der Waals surface area contributed by atoms with Gasteiger partial charge < -0.3 is 5.32 Å². The highest BCUT2D eigenvalue weighted by atomic mass is 16.1. The Hall–Kier alpha value is -3.01. The Morgan fingerprint density at radius 1 is 0.880 bits per heavy atom. The lowest BCUT2D eigenvalue weighted by atomic mass is 10.1. The summed E-state index contributed by atoms with van der Waals surface area (Å²) in [5.41, 5.74) is 6.27. The second kappa shape index (κ2) is 6.85. The summed E-state index contributed by atoms with van der Waals surface area (Å²) in [5.74, 6) is 0.429. The van der Waals surface area contributed by atoms with E-state index in [0.717, 1.165) is 22.4 Å². The molecule has 1 heterocycles. The van der Waals surface area contributed by atoms with E-state index in [1.54, 1.807) is 6.20 Å². The van der Waals surface area contributed by atoms with Gasteiger partial charge in [0.15, 0.2) is 5.82 Å². The second-order valence-electron chi connectivity index (χ2n) is 6.39. The molecule has 25 heavy (non-hydrogen) atoms. The molecule has 4 heteroatoms. The normalized spacial score (nSPS) is 10.6. The van der Waals surface area contributed by atoms with Crippen molar-refractivity contribution in [2.45, 2.75) is 27.7 Å². The van der Waals surface area contributed by atoms with Crippen LogP contribution in [0.1, 0.15) is 32.7 Å². The van der Waals surface area contributed by atoms with Gasteiger partial charge in [-0.15, -0.1) is 0 Å². The van der Waals surface area contributed by atoms with E-state index in [9.17, 15) is 4.79 Å². The van der Waals surface area contributed by atoms with Crippen molar-refractivity contribution in [3.63, 3.8) is 0 Å². The molecule has 3 rings (SSSR count). The average molecular weight is 331 g/mol. The van der Waals surface area contributed by atoms with E-state index in [0.29, 0.717) is 17.1 Å². The highest BCUT2D eigenvalue weighted by Gasteiger charge is 2.13. The van der Waals surface area contributed by atoms with Crippen LogP contribution in [0.4, 0.5) is 5.69 Å². The molecule has 2 aromatic carbocycles. The Morgan fingerprint density at radius 2 is 1.52 bits per heavy atom.